The van der Waals surface area contributed by atoms with E-state index in [2.05, 4.69) is 11.4 Å². The van der Waals surface area contributed by atoms with Gasteiger partial charge in [-0.1, -0.05) is 6.07 Å². The lowest BCUT2D eigenvalue weighted by atomic mass is 10.1. The summed E-state index contributed by atoms with van der Waals surface area (Å²) in [4.78, 5) is 15.1. The van der Waals surface area contributed by atoms with Crippen molar-refractivity contribution in [2.24, 2.45) is 5.73 Å². The zero-order valence-corrected chi connectivity index (χ0v) is 11.7. The van der Waals surface area contributed by atoms with Crippen molar-refractivity contribution in [3.63, 3.8) is 0 Å². The highest BCUT2D eigenvalue weighted by atomic mass is 32.1. The number of nitrogens with two attached hydrogens (primary N) is 1. The number of likely N-dealkylation sites (N-methyl/N-ethyl adjacent to an activating group) is 1. The maximum atomic E-state index is 11.8. The smallest absolute Gasteiger partial charge is 0.234 e. The predicted molar refractivity (Wildman–Crippen MR) is 74.5 cm³/mol. The zero-order valence-electron chi connectivity index (χ0n) is 10.9. The third-order valence-electron chi connectivity index (χ3n) is 3.14. The van der Waals surface area contributed by atoms with Gasteiger partial charge in [0.25, 0.3) is 0 Å². The molecule has 1 heterocycles. The highest BCUT2D eigenvalue weighted by Crippen LogP contribution is 2.26. The first-order valence-corrected chi connectivity index (χ1v) is 7.24. The fourth-order valence-corrected chi connectivity index (χ4v) is 3.17. The Labute approximate surface area is 112 Å². The number of nitrogens with zero attached hydrogens (tertiary/aromatic N) is 1. The largest absolute Gasteiger partial charge is 0.352 e. The fourth-order valence-electron chi connectivity index (χ4n) is 2.16. The second-order valence-corrected chi connectivity index (χ2v) is 6.06. The molecule has 0 bridgehead atoms. The molecule has 5 heteroatoms. The summed E-state index contributed by atoms with van der Waals surface area (Å²) < 4.78 is 0. The Hall–Kier alpha value is -0.910. The second kappa shape index (κ2) is 5.82. The Morgan fingerprint density at radius 1 is 1.67 bits per heavy atom. The van der Waals surface area contributed by atoms with Gasteiger partial charge in [-0.2, -0.15) is 0 Å². The number of carbonyl (C=O) groups excluding carboxylic acids is 1. The van der Waals surface area contributed by atoms with Crippen molar-refractivity contribution in [3.8, 4) is 0 Å². The van der Waals surface area contributed by atoms with Crippen LogP contribution in [0, 0.1) is 0 Å². The minimum Gasteiger partial charge on any atom is -0.352 e. The van der Waals surface area contributed by atoms with E-state index in [1.165, 1.54) is 4.88 Å². The molecule has 0 spiro atoms. The van der Waals surface area contributed by atoms with Gasteiger partial charge in [-0.25, -0.2) is 0 Å². The summed E-state index contributed by atoms with van der Waals surface area (Å²) in [5.74, 6) is 0.0993. The van der Waals surface area contributed by atoms with Crippen molar-refractivity contribution in [3.05, 3.63) is 22.4 Å². The lowest BCUT2D eigenvalue weighted by molar-refractivity contribution is -0.122. The van der Waals surface area contributed by atoms with Crippen LogP contribution in [0.3, 0.4) is 0 Å². The molecule has 0 aliphatic heterocycles. The van der Waals surface area contributed by atoms with Crippen LogP contribution in [0.1, 0.15) is 30.7 Å². The van der Waals surface area contributed by atoms with E-state index in [0.29, 0.717) is 12.6 Å². The number of hydrogen-bond acceptors (Lipinski definition) is 4. The molecule has 1 aromatic heterocycles. The Balaban J connectivity index is 1.95. The SMILES string of the molecule is CC(N)C(c1cccs1)N(C)CC(=O)NC1CC1. The number of amides is 1. The molecule has 2 rings (SSSR count). The van der Waals surface area contributed by atoms with Gasteiger partial charge in [-0.15, -0.1) is 11.3 Å². The first-order valence-electron chi connectivity index (χ1n) is 6.36. The minimum absolute atomic E-state index is 0.00220. The van der Waals surface area contributed by atoms with Gasteiger partial charge in [0, 0.05) is 17.0 Å². The van der Waals surface area contributed by atoms with Gasteiger partial charge < -0.3 is 11.1 Å². The van der Waals surface area contributed by atoms with E-state index >= 15 is 0 Å². The summed E-state index contributed by atoms with van der Waals surface area (Å²) in [5.41, 5.74) is 6.05. The van der Waals surface area contributed by atoms with Gasteiger partial charge >= 0.3 is 0 Å². The Kier molecular flexibility index (Phi) is 4.37. The average molecular weight is 267 g/mol. The lowest BCUT2D eigenvalue weighted by Gasteiger charge is -2.29. The molecule has 1 fully saturated rings. The number of carbonyl (C=O) groups is 1. The normalized spacial score (nSPS) is 18.7. The Morgan fingerprint density at radius 3 is 2.89 bits per heavy atom. The van der Waals surface area contributed by atoms with Crippen LogP contribution >= 0.6 is 11.3 Å². The van der Waals surface area contributed by atoms with Gasteiger partial charge in [0.1, 0.15) is 0 Å². The monoisotopic (exact) mass is 267 g/mol. The molecule has 2 atom stereocenters. The standard InChI is InChI=1S/C13H21N3OS/c1-9(14)13(11-4-3-7-18-11)16(2)8-12(17)15-10-5-6-10/h3-4,7,9-10,13H,5-6,8,14H2,1-2H3,(H,15,17). The first kappa shape index (κ1) is 13.5. The summed E-state index contributed by atoms with van der Waals surface area (Å²) in [6.45, 7) is 2.39. The Bertz CT molecular complexity index is 387. The van der Waals surface area contributed by atoms with Gasteiger partial charge in [-0.3, -0.25) is 9.69 Å². The van der Waals surface area contributed by atoms with E-state index in [4.69, 9.17) is 5.73 Å². The van der Waals surface area contributed by atoms with Crippen LogP contribution in [-0.2, 0) is 4.79 Å². The quantitative estimate of drug-likeness (QED) is 0.818. The molecule has 0 aromatic carbocycles. The van der Waals surface area contributed by atoms with Crippen molar-refractivity contribution < 1.29 is 4.79 Å². The molecule has 0 radical (unpaired) electrons. The fraction of sp³-hybridized carbons (Fsp3) is 0.615. The Morgan fingerprint density at radius 2 is 2.39 bits per heavy atom. The zero-order chi connectivity index (χ0) is 13.1. The summed E-state index contributed by atoms with van der Waals surface area (Å²) >= 11 is 1.69. The third kappa shape index (κ3) is 3.54. The van der Waals surface area contributed by atoms with Gasteiger partial charge in [-0.05, 0) is 38.3 Å². The summed E-state index contributed by atoms with van der Waals surface area (Å²) in [6.07, 6.45) is 2.24. The number of nitrogens with one attached hydrogen (secondary N) is 1. The molecule has 1 saturated carbocycles. The van der Waals surface area contributed by atoms with E-state index in [-0.39, 0.29) is 18.0 Å². The molecule has 2 unspecified atom stereocenters. The van der Waals surface area contributed by atoms with E-state index < -0.39 is 0 Å². The maximum absolute atomic E-state index is 11.8. The van der Waals surface area contributed by atoms with Crippen molar-refractivity contribution in [1.82, 2.24) is 10.2 Å². The van der Waals surface area contributed by atoms with Crippen molar-refractivity contribution >= 4 is 17.2 Å². The van der Waals surface area contributed by atoms with E-state index in [1.54, 1.807) is 11.3 Å². The molecule has 4 nitrogen and oxygen atoms in total. The molecule has 1 aromatic rings. The van der Waals surface area contributed by atoms with Crippen molar-refractivity contribution in [2.45, 2.75) is 37.9 Å². The molecule has 1 aliphatic carbocycles. The van der Waals surface area contributed by atoms with Gasteiger partial charge in [0.05, 0.1) is 12.6 Å². The van der Waals surface area contributed by atoms with Crippen molar-refractivity contribution in [2.75, 3.05) is 13.6 Å². The van der Waals surface area contributed by atoms with Crippen LogP contribution in [0.5, 0.6) is 0 Å². The molecule has 1 amide bonds. The summed E-state index contributed by atoms with van der Waals surface area (Å²) in [5, 5.41) is 5.05. The molecular weight excluding hydrogens is 246 g/mol. The van der Waals surface area contributed by atoms with Crippen LogP contribution in [0.2, 0.25) is 0 Å². The van der Waals surface area contributed by atoms with Gasteiger partial charge in [0.15, 0.2) is 0 Å². The number of hydrogen-bond donors (Lipinski definition) is 2. The first-order chi connectivity index (χ1) is 8.58. The molecular formula is C13H21N3OS. The number of rotatable bonds is 6. The van der Waals surface area contributed by atoms with Crippen LogP contribution in [0.4, 0.5) is 0 Å². The molecule has 100 valence electrons. The van der Waals surface area contributed by atoms with Crippen LogP contribution in [0.25, 0.3) is 0 Å². The van der Waals surface area contributed by atoms with Crippen LogP contribution < -0.4 is 11.1 Å². The van der Waals surface area contributed by atoms with E-state index in [1.807, 2.05) is 30.3 Å². The van der Waals surface area contributed by atoms with Gasteiger partial charge in [0.2, 0.25) is 5.91 Å². The molecule has 1 aliphatic rings. The average Bonchev–Trinajstić information content (AvgIpc) is 2.92. The minimum atomic E-state index is 0.00220. The third-order valence-corrected chi connectivity index (χ3v) is 4.09. The summed E-state index contributed by atoms with van der Waals surface area (Å²) in [7, 11) is 1.96. The second-order valence-electron chi connectivity index (χ2n) is 5.08. The van der Waals surface area contributed by atoms with E-state index in [0.717, 1.165) is 12.8 Å². The van der Waals surface area contributed by atoms with Crippen LogP contribution in [-0.4, -0.2) is 36.5 Å². The highest BCUT2D eigenvalue weighted by Gasteiger charge is 2.27. The van der Waals surface area contributed by atoms with E-state index in [9.17, 15) is 4.79 Å². The molecule has 3 N–H and O–H groups in total. The molecule has 18 heavy (non-hydrogen) atoms. The van der Waals surface area contributed by atoms with Crippen LogP contribution in [0.15, 0.2) is 17.5 Å². The van der Waals surface area contributed by atoms with Crippen molar-refractivity contribution in [1.29, 1.82) is 0 Å². The maximum Gasteiger partial charge on any atom is 0.234 e. The lowest BCUT2D eigenvalue weighted by Crippen LogP contribution is -2.42. The highest BCUT2D eigenvalue weighted by molar-refractivity contribution is 7.10. The number of thiophene rings is 1. The molecule has 0 saturated heterocycles. The predicted octanol–water partition coefficient (Wildman–Crippen LogP) is 1.35. The topological polar surface area (TPSA) is 58.4 Å². The summed E-state index contributed by atoms with van der Waals surface area (Å²) in [6, 6.07) is 4.63.